The third kappa shape index (κ3) is 2.40. The van der Waals surface area contributed by atoms with E-state index < -0.39 is 0 Å². The Kier molecular flexibility index (Phi) is 2.73. The average Bonchev–Trinajstić information content (AvgIpc) is 1.85. The number of benzene rings is 1. The highest BCUT2D eigenvalue weighted by molar-refractivity contribution is 9.10. The van der Waals surface area contributed by atoms with Crippen LogP contribution < -0.4 is 5.46 Å². The molecule has 0 N–H and O–H groups in total. The van der Waals surface area contributed by atoms with E-state index in [9.17, 15) is 0 Å². The van der Waals surface area contributed by atoms with Crippen molar-refractivity contribution in [2.24, 2.45) is 0 Å². The van der Waals surface area contributed by atoms with Crippen molar-refractivity contribution in [2.75, 3.05) is 0 Å². The van der Waals surface area contributed by atoms with Gasteiger partial charge in [0.1, 0.15) is 7.85 Å². The molecule has 1 nitrogen and oxygen atoms in total. The molecule has 0 unspecified atom stereocenters. The van der Waals surface area contributed by atoms with E-state index in [4.69, 9.17) is 5.26 Å². The van der Waals surface area contributed by atoms with E-state index in [0.717, 1.165) is 10.0 Å². The summed E-state index contributed by atoms with van der Waals surface area (Å²) in [7, 11) is 2.02. The van der Waals surface area contributed by atoms with Gasteiger partial charge in [0.05, 0.1) is 12.5 Å². The molecule has 0 radical (unpaired) electrons. The minimum absolute atomic E-state index is 0.486. The first kappa shape index (κ1) is 8.35. The lowest BCUT2D eigenvalue weighted by molar-refractivity contribution is 1.26. The molecule has 0 atom stereocenters. The number of nitrogens with zero attached hydrogens (tertiary/aromatic N) is 1. The zero-order chi connectivity index (χ0) is 8.27. The fourth-order valence-electron chi connectivity index (χ4n) is 1.01. The third-order valence-electron chi connectivity index (χ3n) is 1.39. The van der Waals surface area contributed by atoms with E-state index in [0.29, 0.717) is 6.42 Å². The van der Waals surface area contributed by atoms with Gasteiger partial charge in [0.25, 0.3) is 0 Å². The number of nitriles is 1. The van der Waals surface area contributed by atoms with Gasteiger partial charge in [-0.2, -0.15) is 5.26 Å². The van der Waals surface area contributed by atoms with Gasteiger partial charge in [0.2, 0.25) is 0 Å². The molecule has 0 aliphatic heterocycles. The molecule has 0 spiro atoms. The highest BCUT2D eigenvalue weighted by Gasteiger charge is 1.94. The molecular weight excluding hydrogens is 201 g/mol. The zero-order valence-electron chi connectivity index (χ0n) is 6.26. The van der Waals surface area contributed by atoms with Gasteiger partial charge in [-0.15, -0.1) is 0 Å². The van der Waals surface area contributed by atoms with Gasteiger partial charge < -0.3 is 0 Å². The molecule has 0 aliphatic rings. The van der Waals surface area contributed by atoms with Crippen LogP contribution in [0.2, 0.25) is 0 Å². The van der Waals surface area contributed by atoms with E-state index in [1.165, 1.54) is 5.46 Å². The largest absolute Gasteiger partial charge is 0.198 e. The van der Waals surface area contributed by atoms with Gasteiger partial charge >= 0.3 is 0 Å². The van der Waals surface area contributed by atoms with Crippen molar-refractivity contribution in [3.05, 3.63) is 28.2 Å². The standard InChI is InChI=1S/C8H7BBrN/c9-7-3-6(1-2-11)4-8(10)5-7/h3-5H,1,9H2. The van der Waals surface area contributed by atoms with Crippen LogP contribution in [-0.2, 0) is 6.42 Å². The van der Waals surface area contributed by atoms with Crippen LogP contribution in [-0.4, -0.2) is 7.85 Å². The molecule has 1 aromatic carbocycles. The van der Waals surface area contributed by atoms with Crippen LogP contribution in [0.15, 0.2) is 22.7 Å². The first-order valence-corrected chi connectivity index (χ1v) is 4.14. The van der Waals surface area contributed by atoms with Crippen molar-refractivity contribution in [1.82, 2.24) is 0 Å². The van der Waals surface area contributed by atoms with E-state index >= 15 is 0 Å². The Morgan fingerprint density at radius 3 is 2.73 bits per heavy atom. The number of hydrogen-bond acceptors (Lipinski definition) is 1. The molecule has 0 bridgehead atoms. The van der Waals surface area contributed by atoms with Crippen molar-refractivity contribution in [3.8, 4) is 6.07 Å². The van der Waals surface area contributed by atoms with E-state index in [2.05, 4.69) is 22.0 Å². The summed E-state index contributed by atoms with van der Waals surface area (Å²) in [4.78, 5) is 0. The highest BCUT2D eigenvalue weighted by Crippen LogP contribution is 2.09. The summed E-state index contributed by atoms with van der Waals surface area (Å²) in [6, 6.07) is 8.14. The van der Waals surface area contributed by atoms with Gasteiger partial charge in [-0.1, -0.05) is 33.5 Å². The lowest BCUT2D eigenvalue weighted by atomic mass is 9.94. The Bertz CT molecular complexity index is 283. The lowest BCUT2D eigenvalue weighted by Gasteiger charge is -1.98. The summed E-state index contributed by atoms with van der Waals surface area (Å²) in [5.74, 6) is 0. The molecule has 3 heteroatoms. The van der Waals surface area contributed by atoms with E-state index in [1.807, 2.05) is 26.0 Å². The van der Waals surface area contributed by atoms with Crippen molar-refractivity contribution in [2.45, 2.75) is 6.42 Å². The van der Waals surface area contributed by atoms with Crippen LogP contribution in [0.5, 0.6) is 0 Å². The Hall–Kier alpha value is -0.745. The summed E-state index contributed by atoms with van der Waals surface area (Å²) in [6.07, 6.45) is 0.486. The molecule has 0 amide bonds. The molecule has 1 aromatic rings. The molecular formula is C8H7BBrN. The van der Waals surface area contributed by atoms with Gasteiger partial charge in [-0.25, -0.2) is 0 Å². The topological polar surface area (TPSA) is 23.8 Å². The van der Waals surface area contributed by atoms with Crippen LogP contribution in [0.4, 0.5) is 0 Å². The Morgan fingerprint density at radius 2 is 2.18 bits per heavy atom. The van der Waals surface area contributed by atoms with Gasteiger partial charge in [0.15, 0.2) is 0 Å². The summed E-state index contributed by atoms with van der Waals surface area (Å²) in [5, 5.41) is 8.44. The number of halogens is 1. The molecule has 0 heterocycles. The minimum Gasteiger partial charge on any atom is -0.198 e. The smallest absolute Gasteiger partial charge is 0.139 e. The Morgan fingerprint density at radius 1 is 1.45 bits per heavy atom. The number of hydrogen-bond donors (Lipinski definition) is 0. The molecule has 0 aromatic heterocycles. The van der Waals surface area contributed by atoms with Gasteiger partial charge in [-0.05, 0) is 11.6 Å². The summed E-state index contributed by atoms with van der Waals surface area (Å²) in [6.45, 7) is 0. The van der Waals surface area contributed by atoms with Crippen LogP contribution >= 0.6 is 15.9 Å². The van der Waals surface area contributed by atoms with Gasteiger partial charge in [-0.3, -0.25) is 0 Å². The second kappa shape index (κ2) is 3.59. The normalized spacial score (nSPS) is 9.09. The van der Waals surface area contributed by atoms with E-state index in [1.54, 1.807) is 0 Å². The molecule has 0 fully saturated rings. The molecule has 0 saturated carbocycles. The highest BCUT2D eigenvalue weighted by atomic mass is 79.9. The fraction of sp³-hybridized carbons (Fsp3) is 0.125. The fourth-order valence-corrected chi connectivity index (χ4v) is 1.66. The molecule has 54 valence electrons. The van der Waals surface area contributed by atoms with Crippen LogP contribution in [0.1, 0.15) is 5.56 Å². The average molecular weight is 208 g/mol. The van der Waals surface area contributed by atoms with Crippen molar-refractivity contribution < 1.29 is 0 Å². The monoisotopic (exact) mass is 207 g/mol. The lowest BCUT2D eigenvalue weighted by Crippen LogP contribution is -2.02. The number of rotatable bonds is 1. The first-order chi connectivity index (χ1) is 5.22. The van der Waals surface area contributed by atoms with Crippen LogP contribution in [0, 0.1) is 11.3 Å². The molecule has 11 heavy (non-hydrogen) atoms. The SMILES string of the molecule is Bc1cc(Br)cc(CC#N)c1. The van der Waals surface area contributed by atoms with E-state index in [-0.39, 0.29) is 0 Å². The first-order valence-electron chi connectivity index (χ1n) is 3.35. The second-order valence-corrected chi connectivity index (χ2v) is 3.39. The second-order valence-electron chi connectivity index (χ2n) is 2.47. The summed E-state index contributed by atoms with van der Waals surface area (Å²) >= 11 is 3.37. The predicted octanol–water partition coefficient (Wildman–Crippen LogP) is 0.774. The van der Waals surface area contributed by atoms with Crippen molar-refractivity contribution in [3.63, 3.8) is 0 Å². The van der Waals surface area contributed by atoms with Crippen molar-refractivity contribution in [1.29, 1.82) is 5.26 Å². The van der Waals surface area contributed by atoms with Crippen molar-refractivity contribution >= 4 is 29.2 Å². The molecule has 0 saturated heterocycles. The zero-order valence-corrected chi connectivity index (χ0v) is 7.85. The maximum Gasteiger partial charge on any atom is 0.139 e. The van der Waals surface area contributed by atoms with Gasteiger partial charge in [0, 0.05) is 4.47 Å². The summed E-state index contributed by atoms with van der Waals surface area (Å²) < 4.78 is 1.04. The third-order valence-corrected chi connectivity index (χ3v) is 1.84. The molecule has 1 rings (SSSR count). The Labute approximate surface area is 75.6 Å². The van der Waals surface area contributed by atoms with Crippen LogP contribution in [0.25, 0.3) is 0 Å². The Balaban J connectivity index is 3.01. The quantitative estimate of drug-likeness (QED) is 0.625. The minimum atomic E-state index is 0.486. The molecule has 0 aliphatic carbocycles. The summed E-state index contributed by atoms with van der Waals surface area (Å²) in [5.41, 5.74) is 2.25. The van der Waals surface area contributed by atoms with Crippen LogP contribution in [0.3, 0.4) is 0 Å². The maximum atomic E-state index is 8.44. The predicted molar refractivity (Wildman–Crippen MR) is 51.6 cm³/mol. The maximum absolute atomic E-state index is 8.44.